The van der Waals surface area contributed by atoms with E-state index < -0.39 is 22.9 Å². The average Bonchev–Trinajstić information content (AvgIpc) is 3.39. The van der Waals surface area contributed by atoms with Crippen LogP contribution in [0.2, 0.25) is 0 Å². The normalized spacial score (nSPS) is 22.8. The number of fused-ring (bicyclic) bond motifs is 1. The van der Waals surface area contributed by atoms with Gasteiger partial charge in [-0.1, -0.05) is 0 Å². The predicted molar refractivity (Wildman–Crippen MR) is 143 cm³/mol. The minimum Gasteiger partial charge on any atom is -1.00 e. The van der Waals surface area contributed by atoms with Gasteiger partial charge in [0.2, 0.25) is 0 Å². The van der Waals surface area contributed by atoms with Crippen molar-refractivity contribution in [3.63, 3.8) is 0 Å². The molecule has 0 bridgehead atoms. The second-order valence-electron chi connectivity index (χ2n) is 10.9. The summed E-state index contributed by atoms with van der Waals surface area (Å²) in [5.74, 6) is 0. The van der Waals surface area contributed by atoms with Gasteiger partial charge in [0, 0.05) is 0 Å². The van der Waals surface area contributed by atoms with Crippen LogP contribution in [0, 0.1) is 0 Å². The second-order valence-corrected chi connectivity index (χ2v) is 19.0. The van der Waals surface area contributed by atoms with E-state index in [-0.39, 0.29) is 32.7 Å². The third-order valence-corrected chi connectivity index (χ3v) is 19.5. The first-order valence-electron chi connectivity index (χ1n) is 14.0. The van der Waals surface area contributed by atoms with Crippen LogP contribution in [-0.4, -0.2) is 11.3 Å². The van der Waals surface area contributed by atoms with Crippen LogP contribution in [0.5, 0.6) is 0 Å². The summed E-state index contributed by atoms with van der Waals surface area (Å²) in [6.45, 7) is 4.75. The zero-order valence-corrected chi connectivity index (χ0v) is 27.8. The summed E-state index contributed by atoms with van der Waals surface area (Å²) in [6.07, 6.45) is 25.8. The van der Waals surface area contributed by atoms with E-state index in [0.29, 0.717) is 0 Å². The molecule has 2 fully saturated rings. The fourth-order valence-electron chi connectivity index (χ4n) is 6.88. The third kappa shape index (κ3) is 6.85. The monoisotopic (exact) mass is 696 g/mol. The molecular weight excluding hydrogens is 653 g/mol. The molecule has 190 valence electrons. The number of halogens is 2. The molecule has 0 radical (unpaired) electrons. The van der Waals surface area contributed by atoms with Gasteiger partial charge in [-0.2, -0.15) is 0 Å². The largest absolute Gasteiger partial charge is 1.00 e. The van der Waals surface area contributed by atoms with Gasteiger partial charge in [0.1, 0.15) is 0 Å². The number of unbranched alkanes of at least 4 members (excludes halogenated alkanes) is 1. The molecule has 0 spiro atoms. The Morgan fingerprint density at radius 2 is 1.51 bits per heavy atom. The maximum atomic E-state index is 2.77. The Balaban J connectivity index is 0.00000171. The Morgan fingerprint density at radius 3 is 2.14 bits per heavy atom. The van der Waals surface area contributed by atoms with Crippen molar-refractivity contribution in [3.05, 3.63) is 61.3 Å². The van der Waals surface area contributed by atoms with Gasteiger partial charge in [0.15, 0.2) is 0 Å². The van der Waals surface area contributed by atoms with Crippen LogP contribution in [0.3, 0.4) is 0 Å². The maximum Gasteiger partial charge on any atom is -1.00 e. The summed E-state index contributed by atoms with van der Waals surface area (Å²) in [4.78, 5) is 0. The van der Waals surface area contributed by atoms with Crippen molar-refractivity contribution < 1.29 is 47.7 Å². The topological polar surface area (TPSA) is 0 Å². The molecular formula is C31H43Cl2HfP. The van der Waals surface area contributed by atoms with Gasteiger partial charge < -0.3 is 24.8 Å². The second kappa shape index (κ2) is 14.5. The van der Waals surface area contributed by atoms with Gasteiger partial charge in [0.25, 0.3) is 0 Å². The van der Waals surface area contributed by atoms with Gasteiger partial charge in [-0.3, -0.25) is 0 Å². The minimum absolute atomic E-state index is 0. The van der Waals surface area contributed by atoms with Crippen LogP contribution in [0.15, 0.2) is 50.1 Å². The Hall–Kier alpha value is 0.320. The molecule has 35 heavy (non-hydrogen) atoms. The van der Waals surface area contributed by atoms with Gasteiger partial charge in [-0.25, -0.2) is 0 Å². The quantitative estimate of drug-likeness (QED) is 0.284. The molecule has 0 aliphatic heterocycles. The molecule has 2 saturated carbocycles. The van der Waals surface area contributed by atoms with E-state index in [9.17, 15) is 0 Å². The third-order valence-electron chi connectivity index (χ3n) is 8.69. The van der Waals surface area contributed by atoms with Crippen LogP contribution in [0.25, 0.3) is 6.08 Å². The molecule has 1 atom stereocenters. The van der Waals surface area contributed by atoms with E-state index in [1.165, 1.54) is 89.9 Å². The Morgan fingerprint density at radius 1 is 0.886 bits per heavy atom. The van der Waals surface area contributed by atoms with Crippen molar-refractivity contribution in [2.24, 2.45) is 0 Å². The first-order chi connectivity index (χ1) is 16.3. The summed E-state index contributed by atoms with van der Waals surface area (Å²) in [5, 5.41) is 2.00. The van der Waals surface area contributed by atoms with E-state index in [1.54, 1.807) is 16.7 Å². The maximum absolute atomic E-state index is 2.77. The Bertz CT molecular complexity index is 904. The smallest absolute Gasteiger partial charge is 1.00 e. The van der Waals surface area contributed by atoms with Crippen molar-refractivity contribution in [3.8, 4) is 0 Å². The molecule has 0 saturated heterocycles. The van der Waals surface area contributed by atoms with Crippen molar-refractivity contribution in [1.29, 1.82) is 0 Å². The van der Waals surface area contributed by atoms with Crippen LogP contribution in [0.1, 0.15) is 119 Å². The Kier molecular flexibility index (Phi) is 12.3. The molecule has 0 nitrogen and oxygen atoms in total. The fourth-order valence-corrected chi connectivity index (χ4v) is 19.2. The molecule has 0 N–H and O–H groups in total. The predicted octanol–water partition coefficient (Wildman–Crippen LogP) is 4.11. The van der Waals surface area contributed by atoms with Crippen LogP contribution >= 0.6 is 7.92 Å². The molecule has 1 aromatic rings. The minimum atomic E-state index is -0.987. The van der Waals surface area contributed by atoms with Crippen LogP contribution in [-0.2, 0) is 22.9 Å². The molecule has 0 aromatic heterocycles. The van der Waals surface area contributed by atoms with Gasteiger partial charge >= 0.3 is 217 Å². The van der Waals surface area contributed by atoms with E-state index in [1.807, 2.05) is 14.2 Å². The zero-order chi connectivity index (χ0) is 22.6. The zero-order valence-electron chi connectivity index (χ0n) is 21.8. The summed E-state index contributed by atoms with van der Waals surface area (Å²) < 4.78 is 2.82. The van der Waals surface area contributed by atoms with E-state index >= 15 is 0 Å². The summed E-state index contributed by atoms with van der Waals surface area (Å²) in [5.41, 5.74) is 8.83. The summed E-state index contributed by atoms with van der Waals surface area (Å²) >= 11 is -0.987. The first-order valence-corrected chi connectivity index (χ1v) is 19.4. The van der Waals surface area contributed by atoms with Crippen molar-refractivity contribution in [2.75, 3.05) is 0 Å². The number of benzene rings is 1. The molecule has 0 heterocycles. The standard InChI is InChI=1S/C21H28P.C10H15.2ClH.Hf/c1-3-11-19(12-4-1)22(20-13-5-2-6-14-20)21-15-17-9-7-8-10-18(17)16-21;1-3-4-7-10-8-5-6-9(10)2;;;/h7-10,15-16,19-20H,1-6,11-14H2;6H,3-5,7H2,1-2H3;2*1H;/q;;;;+2/p-2. The number of allylic oxidation sites excluding steroid dienone is 5. The molecule has 4 heteroatoms. The van der Waals surface area contributed by atoms with E-state index in [0.717, 1.165) is 15.0 Å². The molecule has 1 unspecified atom stereocenters. The summed E-state index contributed by atoms with van der Waals surface area (Å²) in [6, 6.07) is 9.59. The van der Waals surface area contributed by atoms with Crippen LogP contribution < -0.4 is 24.8 Å². The number of rotatable bonds is 8. The Labute approximate surface area is 240 Å². The molecule has 4 aliphatic carbocycles. The van der Waals surface area contributed by atoms with Crippen LogP contribution in [0.4, 0.5) is 0 Å². The molecule has 0 amide bonds. The van der Waals surface area contributed by atoms with Crippen molar-refractivity contribution >= 4 is 14.0 Å². The summed E-state index contributed by atoms with van der Waals surface area (Å²) in [7, 11) is 0.0298. The SMILES string of the molecule is CCCCC1=[C]([Hf+2][CH]2C(P(C3CCCCC3)C3CCCCC3)=Cc3ccccc32)CC=C1C.[Cl-].[Cl-]. The molecule has 4 aliphatic rings. The van der Waals surface area contributed by atoms with Crippen molar-refractivity contribution in [1.82, 2.24) is 0 Å². The average molecular weight is 696 g/mol. The van der Waals surface area contributed by atoms with Crippen molar-refractivity contribution in [2.45, 2.75) is 119 Å². The molecule has 5 rings (SSSR count). The van der Waals surface area contributed by atoms with Gasteiger partial charge in [0.05, 0.1) is 0 Å². The number of hydrogen-bond acceptors (Lipinski definition) is 0. The van der Waals surface area contributed by atoms with E-state index in [4.69, 9.17) is 0 Å². The number of hydrogen-bond donors (Lipinski definition) is 0. The first kappa shape index (κ1) is 29.9. The van der Waals surface area contributed by atoms with Gasteiger partial charge in [-0.05, 0) is 0 Å². The fraction of sp³-hybridized carbons (Fsp3) is 0.613. The van der Waals surface area contributed by atoms with Gasteiger partial charge in [-0.15, -0.1) is 0 Å². The van der Waals surface area contributed by atoms with E-state index in [2.05, 4.69) is 50.3 Å². The molecule has 1 aromatic carbocycles.